The monoisotopic (exact) mass is 515 g/mol. The summed E-state index contributed by atoms with van der Waals surface area (Å²) in [6.45, 7) is 8.22. The number of rotatable bonds is 9. The van der Waals surface area contributed by atoms with E-state index in [2.05, 4.69) is 22.2 Å². The van der Waals surface area contributed by atoms with E-state index in [1.807, 2.05) is 51.8 Å². The number of aryl methyl sites for hydroxylation is 3. The number of anilines is 1. The fourth-order valence-electron chi connectivity index (χ4n) is 4.61. The standard InChI is InChI=1S/C29H37N7O2/c1-8-23-18(2)28(36(7)33-23)17-35(6)29(38)22-16-27(32-25-10-9-20(37)15-21(22)25)26-12-11-24(19(3)31-26)30-13-14-34(4)5/h9-12,15-16,30,37H,8,13-14,17H2,1-7H3. The summed E-state index contributed by atoms with van der Waals surface area (Å²) in [5.41, 5.74) is 7.33. The minimum atomic E-state index is -0.165. The summed E-state index contributed by atoms with van der Waals surface area (Å²) >= 11 is 0. The van der Waals surface area contributed by atoms with Crippen molar-refractivity contribution in [2.24, 2.45) is 7.05 Å². The molecule has 0 fully saturated rings. The predicted molar refractivity (Wildman–Crippen MR) is 152 cm³/mol. The Morgan fingerprint density at radius 2 is 1.82 bits per heavy atom. The molecule has 0 saturated heterocycles. The number of carbonyl (C=O) groups is 1. The van der Waals surface area contributed by atoms with Crippen LogP contribution in [0.1, 0.15) is 39.9 Å². The zero-order chi connectivity index (χ0) is 27.6. The van der Waals surface area contributed by atoms with E-state index in [0.717, 1.165) is 47.8 Å². The van der Waals surface area contributed by atoms with Gasteiger partial charge in [-0.25, -0.2) is 9.97 Å². The molecule has 0 unspecified atom stereocenters. The summed E-state index contributed by atoms with van der Waals surface area (Å²) in [4.78, 5) is 27.2. The first kappa shape index (κ1) is 27.1. The molecule has 0 atom stereocenters. The lowest BCUT2D eigenvalue weighted by atomic mass is 10.0. The SMILES string of the molecule is CCc1nn(C)c(CN(C)C(=O)c2cc(-c3ccc(NCCN(C)C)c(C)n3)nc3ccc(O)cc23)c1C. The highest BCUT2D eigenvalue weighted by Crippen LogP contribution is 2.29. The Hall–Kier alpha value is -3.98. The fourth-order valence-corrected chi connectivity index (χ4v) is 4.61. The molecular weight excluding hydrogens is 478 g/mol. The molecule has 38 heavy (non-hydrogen) atoms. The Kier molecular flexibility index (Phi) is 7.97. The third kappa shape index (κ3) is 5.62. The maximum atomic E-state index is 13.8. The molecule has 0 aliphatic rings. The zero-order valence-corrected chi connectivity index (χ0v) is 23.3. The number of phenols is 1. The molecule has 3 aromatic heterocycles. The molecule has 9 nitrogen and oxygen atoms in total. The van der Waals surface area contributed by atoms with Crippen LogP contribution in [0.15, 0.2) is 36.4 Å². The Labute approximate surface area is 224 Å². The zero-order valence-electron chi connectivity index (χ0n) is 23.3. The minimum Gasteiger partial charge on any atom is -0.508 e. The number of carbonyl (C=O) groups excluding carboxylic acids is 1. The molecule has 4 rings (SSSR count). The number of hydrogen-bond donors (Lipinski definition) is 2. The van der Waals surface area contributed by atoms with Gasteiger partial charge in [0.15, 0.2) is 0 Å². The van der Waals surface area contributed by atoms with Gasteiger partial charge in [-0.2, -0.15) is 5.10 Å². The molecule has 200 valence electrons. The first-order chi connectivity index (χ1) is 18.1. The third-order valence-electron chi connectivity index (χ3n) is 6.84. The summed E-state index contributed by atoms with van der Waals surface area (Å²) in [6.07, 6.45) is 0.839. The van der Waals surface area contributed by atoms with Crippen molar-refractivity contribution in [1.29, 1.82) is 0 Å². The van der Waals surface area contributed by atoms with Crippen LogP contribution in [-0.4, -0.2) is 74.8 Å². The topological polar surface area (TPSA) is 99.4 Å². The van der Waals surface area contributed by atoms with Gasteiger partial charge in [0.05, 0.1) is 51.8 Å². The normalized spacial score (nSPS) is 11.4. The van der Waals surface area contributed by atoms with E-state index in [1.54, 1.807) is 36.2 Å². The van der Waals surface area contributed by atoms with Crippen molar-refractivity contribution in [3.05, 3.63) is 64.6 Å². The molecule has 0 saturated carbocycles. The summed E-state index contributed by atoms with van der Waals surface area (Å²) in [7, 11) is 7.77. The maximum absolute atomic E-state index is 13.8. The van der Waals surface area contributed by atoms with Crippen molar-refractivity contribution in [3.8, 4) is 17.1 Å². The van der Waals surface area contributed by atoms with Gasteiger partial charge in [-0.3, -0.25) is 9.48 Å². The summed E-state index contributed by atoms with van der Waals surface area (Å²) in [5, 5.41) is 18.8. The number of hydrogen-bond acceptors (Lipinski definition) is 7. The van der Waals surface area contributed by atoms with Crippen LogP contribution in [0.5, 0.6) is 5.75 Å². The van der Waals surface area contributed by atoms with Crippen molar-refractivity contribution in [1.82, 2.24) is 29.5 Å². The molecule has 0 aliphatic heterocycles. The van der Waals surface area contributed by atoms with E-state index < -0.39 is 0 Å². The van der Waals surface area contributed by atoms with E-state index >= 15 is 0 Å². The lowest BCUT2D eigenvalue weighted by molar-refractivity contribution is 0.0783. The van der Waals surface area contributed by atoms with Crippen LogP contribution in [0.2, 0.25) is 0 Å². The average molecular weight is 516 g/mol. The van der Waals surface area contributed by atoms with Gasteiger partial charge in [-0.15, -0.1) is 0 Å². The molecule has 4 aromatic rings. The number of aromatic hydroxyl groups is 1. The lowest BCUT2D eigenvalue weighted by Crippen LogP contribution is -2.28. The van der Waals surface area contributed by atoms with Crippen molar-refractivity contribution in [2.75, 3.05) is 39.5 Å². The molecule has 2 N–H and O–H groups in total. The van der Waals surface area contributed by atoms with Gasteiger partial charge in [0.1, 0.15) is 5.75 Å². The number of phenolic OH excluding ortho intramolecular Hbond substituents is 1. The number of nitrogens with one attached hydrogen (secondary N) is 1. The minimum absolute atomic E-state index is 0.0842. The molecule has 0 spiro atoms. The van der Waals surface area contributed by atoms with Crippen LogP contribution in [0.3, 0.4) is 0 Å². The maximum Gasteiger partial charge on any atom is 0.254 e. The van der Waals surface area contributed by atoms with Crippen molar-refractivity contribution < 1.29 is 9.90 Å². The van der Waals surface area contributed by atoms with Crippen LogP contribution in [0.25, 0.3) is 22.3 Å². The van der Waals surface area contributed by atoms with E-state index in [9.17, 15) is 9.90 Å². The Morgan fingerprint density at radius 1 is 1.05 bits per heavy atom. The highest BCUT2D eigenvalue weighted by Gasteiger charge is 2.21. The highest BCUT2D eigenvalue weighted by molar-refractivity contribution is 6.07. The van der Waals surface area contributed by atoms with E-state index in [4.69, 9.17) is 9.97 Å². The number of nitrogens with zero attached hydrogens (tertiary/aromatic N) is 6. The Balaban J connectivity index is 1.70. The molecule has 0 aliphatic carbocycles. The second-order valence-corrected chi connectivity index (χ2v) is 9.97. The Morgan fingerprint density at radius 3 is 2.47 bits per heavy atom. The van der Waals surface area contributed by atoms with Crippen LogP contribution < -0.4 is 5.32 Å². The van der Waals surface area contributed by atoms with Gasteiger partial charge in [0.2, 0.25) is 0 Å². The second kappa shape index (κ2) is 11.2. The van der Waals surface area contributed by atoms with Crippen LogP contribution in [0, 0.1) is 13.8 Å². The van der Waals surface area contributed by atoms with Crippen molar-refractivity contribution in [3.63, 3.8) is 0 Å². The number of pyridine rings is 2. The molecular formula is C29H37N7O2. The van der Waals surface area contributed by atoms with Gasteiger partial charge < -0.3 is 20.2 Å². The molecule has 0 bridgehead atoms. The van der Waals surface area contributed by atoms with Gasteiger partial charge in [-0.1, -0.05) is 6.92 Å². The number of aromatic nitrogens is 4. The largest absolute Gasteiger partial charge is 0.508 e. The summed E-state index contributed by atoms with van der Waals surface area (Å²) in [5.74, 6) is -0.0810. The van der Waals surface area contributed by atoms with Gasteiger partial charge in [0, 0.05) is 32.6 Å². The third-order valence-corrected chi connectivity index (χ3v) is 6.84. The molecule has 3 heterocycles. The smallest absolute Gasteiger partial charge is 0.254 e. The van der Waals surface area contributed by atoms with Gasteiger partial charge in [-0.05, 0) is 76.3 Å². The van der Waals surface area contributed by atoms with Gasteiger partial charge >= 0.3 is 0 Å². The quantitative estimate of drug-likeness (QED) is 0.345. The number of benzene rings is 1. The number of likely N-dealkylation sites (N-methyl/N-ethyl adjacent to an activating group) is 1. The van der Waals surface area contributed by atoms with Crippen molar-refractivity contribution in [2.45, 2.75) is 33.7 Å². The van der Waals surface area contributed by atoms with E-state index in [-0.39, 0.29) is 11.7 Å². The molecule has 1 aromatic carbocycles. The van der Waals surface area contributed by atoms with Crippen molar-refractivity contribution >= 4 is 22.5 Å². The molecule has 9 heteroatoms. The lowest BCUT2D eigenvalue weighted by Gasteiger charge is -2.20. The fraction of sp³-hybridized carbons (Fsp3) is 0.379. The van der Waals surface area contributed by atoms with E-state index in [0.29, 0.717) is 34.4 Å². The molecule has 0 radical (unpaired) electrons. The first-order valence-corrected chi connectivity index (χ1v) is 12.9. The number of amides is 1. The number of fused-ring (bicyclic) bond motifs is 1. The first-order valence-electron chi connectivity index (χ1n) is 12.9. The Bertz CT molecular complexity index is 1480. The van der Waals surface area contributed by atoms with Gasteiger partial charge in [0.25, 0.3) is 5.91 Å². The van der Waals surface area contributed by atoms with Crippen LogP contribution >= 0.6 is 0 Å². The molecule has 1 amide bonds. The highest BCUT2D eigenvalue weighted by atomic mass is 16.3. The predicted octanol–water partition coefficient (Wildman–Crippen LogP) is 4.16. The van der Waals surface area contributed by atoms with Crippen LogP contribution in [0.4, 0.5) is 5.69 Å². The average Bonchev–Trinajstić information content (AvgIpc) is 3.15. The van der Waals surface area contributed by atoms with Crippen LogP contribution in [-0.2, 0) is 20.0 Å². The summed E-state index contributed by atoms with van der Waals surface area (Å²) in [6, 6.07) is 10.6. The second-order valence-electron chi connectivity index (χ2n) is 9.97. The summed E-state index contributed by atoms with van der Waals surface area (Å²) < 4.78 is 1.85. The van der Waals surface area contributed by atoms with E-state index in [1.165, 1.54) is 0 Å².